The van der Waals surface area contributed by atoms with Gasteiger partial charge in [0.15, 0.2) is 0 Å². The second kappa shape index (κ2) is 4.75. The molecule has 0 spiro atoms. The highest BCUT2D eigenvalue weighted by molar-refractivity contribution is 5.53. The Bertz CT molecular complexity index is 449. The number of hydrogen-bond acceptors (Lipinski definition) is 3. The fourth-order valence-electron chi connectivity index (χ4n) is 1.56. The van der Waals surface area contributed by atoms with Gasteiger partial charge in [0.1, 0.15) is 11.5 Å². The summed E-state index contributed by atoms with van der Waals surface area (Å²) >= 11 is 0. The maximum absolute atomic E-state index is 5.25. The lowest BCUT2D eigenvalue weighted by Crippen LogP contribution is -2.00. The van der Waals surface area contributed by atoms with E-state index in [0.29, 0.717) is 6.54 Å². The van der Waals surface area contributed by atoms with Gasteiger partial charge in [-0.05, 0) is 42.8 Å². The van der Waals surface area contributed by atoms with Crippen molar-refractivity contribution in [2.45, 2.75) is 13.5 Å². The first-order valence-corrected chi connectivity index (χ1v) is 5.20. The average Bonchev–Trinajstić information content (AvgIpc) is 2.80. The summed E-state index contributed by atoms with van der Waals surface area (Å²) < 4.78 is 10.4. The highest BCUT2D eigenvalue weighted by Crippen LogP contribution is 2.21. The number of aryl methyl sites for hydroxylation is 1. The monoisotopic (exact) mass is 217 g/mol. The number of anilines is 1. The van der Waals surface area contributed by atoms with Crippen LogP contribution in [0.1, 0.15) is 11.3 Å². The van der Waals surface area contributed by atoms with Gasteiger partial charge in [0.25, 0.3) is 0 Å². The van der Waals surface area contributed by atoms with E-state index in [1.807, 2.05) is 37.3 Å². The Morgan fingerprint density at radius 1 is 1.31 bits per heavy atom. The van der Waals surface area contributed by atoms with Crippen molar-refractivity contribution in [3.05, 3.63) is 47.9 Å². The molecule has 16 heavy (non-hydrogen) atoms. The molecule has 2 aromatic rings. The molecule has 0 aliphatic carbocycles. The fourth-order valence-corrected chi connectivity index (χ4v) is 1.56. The Labute approximate surface area is 95.0 Å². The molecule has 0 aliphatic heterocycles. The average molecular weight is 217 g/mol. The topological polar surface area (TPSA) is 34.4 Å². The molecular weight excluding hydrogens is 202 g/mol. The molecule has 1 aromatic carbocycles. The minimum absolute atomic E-state index is 0.695. The van der Waals surface area contributed by atoms with Crippen molar-refractivity contribution in [2.75, 3.05) is 12.4 Å². The lowest BCUT2D eigenvalue weighted by Gasteiger charge is -2.09. The van der Waals surface area contributed by atoms with E-state index in [2.05, 4.69) is 5.32 Å². The summed E-state index contributed by atoms with van der Waals surface area (Å²) in [5.74, 6) is 1.80. The summed E-state index contributed by atoms with van der Waals surface area (Å²) in [6, 6.07) is 9.79. The van der Waals surface area contributed by atoms with Crippen molar-refractivity contribution in [1.82, 2.24) is 0 Å². The smallest absolute Gasteiger partial charge is 0.122 e. The molecule has 3 nitrogen and oxygen atoms in total. The van der Waals surface area contributed by atoms with E-state index in [0.717, 1.165) is 22.8 Å². The summed E-state index contributed by atoms with van der Waals surface area (Å²) in [4.78, 5) is 0. The number of rotatable bonds is 4. The lowest BCUT2D eigenvalue weighted by molar-refractivity contribution is 0.414. The van der Waals surface area contributed by atoms with E-state index in [9.17, 15) is 0 Å². The van der Waals surface area contributed by atoms with Crippen molar-refractivity contribution in [3.63, 3.8) is 0 Å². The quantitative estimate of drug-likeness (QED) is 0.853. The van der Waals surface area contributed by atoms with E-state index in [4.69, 9.17) is 9.15 Å². The zero-order chi connectivity index (χ0) is 11.4. The molecule has 1 N–H and O–H groups in total. The number of methoxy groups -OCH3 is 1. The molecule has 0 saturated carbocycles. The van der Waals surface area contributed by atoms with Gasteiger partial charge in [-0.1, -0.05) is 0 Å². The zero-order valence-corrected chi connectivity index (χ0v) is 9.49. The largest absolute Gasteiger partial charge is 0.497 e. The van der Waals surface area contributed by atoms with Gasteiger partial charge in [0.05, 0.1) is 19.9 Å². The van der Waals surface area contributed by atoms with Gasteiger partial charge in [-0.25, -0.2) is 0 Å². The third kappa shape index (κ3) is 2.37. The molecule has 0 fully saturated rings. The second-order valence-corrected chi connectivity index (χ2v) is 3.61. The van der Waals surface area contributed by atoms with Crippen LogP contribution in [0, 0.1) is 6.92 Å². The van der Waals surface area contributed by atoms with Crippen LogP contribution in [0.2, 0.25) is 0 Å². The number of benzene rings is 1. The van der Waals surface area contributed by atoms with Crippen LogP contribution in [0.4, 0.5) is 5.69 Å². The maximum Gasteiger partial charge on any atom is 0.122 e. The molecule has 84 valence electrons. The van der Waals surface area contributed by atoms with Crippen LogP contribution in [0.3, 0.4) is 0 Å². The van der Waals surface area contributed by atoms with Crippen LogP contribution in [-0.4, -0.2) is 7.11 Å². The Morgan fingerprint density at radius 2 is 2.19 bits per heavy atom. The van der Waals surface area contributed by atoms with E-state index < -0.39 is 0 Å². The molecule has 1 aromatic heterocycles. The molecule has 0 radical (unpaired) electrons. The van der Waals surface area contributed by atoms with Crippen molar-refractivity contribution in [2.24, 2.45) is 0 Å². The fraction of sp³-hybridized carbons (Fsp3) is 0.231. The van der Waals surface area contributed by atoms with Crippen LogP contribution in [0.15, 0.2) is 41.0 Å². The van der Waals surface area contributed by atoms with Crippen LogP contribution in [-0.2, 0) is 6.54 Å². The number of furan rings is 1. The minimum atomic E-state index is 0.695. The van der Waals surface area contributed by atoms with Gasteiger partial charge in [-0.2, -0.15) is 0 Å². The van der Waals surface area contributed by atoms with Gasteiger partial charge in [-0.15, -0.1) is 0 Å². The number of ether oxygens (including phenoxy) is 1. The van der Waals surface area contributed by atoms with Crippen LogP contribution in [0.25, 0.3) is 0 Å². The van der Waals surface area contributed by atoms with E-state index in [1.165, 1.54) is 0 Å². The first kappa shape index (κ1) is 10.6. The lowest BCUT2D eigenvalue weighted by atomic mass is 10.2. The molecule has 0 saturated heterocycles. The van der Waals surface area contributed by atoms with Gasteiger partial charge >= 0.3 is 0 Å². The highest BCUT2D eigenvalue weighted by atomic mass is 16.5. The SMILES string of the molecule is COc1ccc(NCc2ccco2)c(C)c1. The summed E-state index contributed by atoms with van der Waals surface area (Å²) in [6.07, 6.45) is 1.68. The first-order chi connectivity index (χ1) is 7.79. The normalized spacial score (nSPS) is 10.1. The van der Waals surface area contributed by atoms with Crippen molar-refractivity contribution >= 4 is 5.69 Å². The molecule has 2 rings (SSSR count). The molecule has 3 heteroatoms. The van der Waals surface area contributed by atoms with E-state index in [-0.39, 0.29) is 0 Å². The predicted octanol–water partition coefficient (Wildman–Crippen LogP) is 3.21. The van der Waals surface area contributed by atoms with Gasteiger partial charge < -0.3 is 14.5 Å². The first-order valence-electron chi connectivity index (χ1n) is 5.20. The van der Waals surface area contributed by atoms with E-state index >= 15 is 0 Å². The molecule has 0 bridgehead atoms. The summed E-state index contributed by atoms with van der Waals surface area (Å²) in [6.45, 7) is 2.74. The minimum Gasteiger partial charge on any atom is -0.497 e. The van der Waals surface area contributed by atoms with Crippen LogP contribution < -0.4 is 10.1 Å². The molecule has 0 unspecified atom stereocenters. The van der Waals surface area contributed by atoms with E-state index in [1.54, 1.807) is 13.4 Å². The van der Waals surface area contributed by atoms with Gasteiger partial charge in [-0.3, -0.25) is 0 Å². The molecule has 0 aliphatic rings. The molecular formula is C13H15NO2. The Balaban J connectivity index is 2.04. The molecule has 1 heterocycles. The summed E-state index contributed by atoms with van der Waals surface area (Å²) in [7, 11) is 1.67. The third-order valence-electron chi connectivity index (χ3n) is 2.47. The maximum atomic E-state index is 5.25. The van der Waals surface area contributed by atoms with Gasteiger partial charge in [0.2, 0.25) is 0 Å². The standard InChI is InChI=1S/C13H15NO2/c1-10-8-11(15-2)5-6-13(10)14-9-12-4-3-7-16-12/h3-8,14H,9H2,1-2H3. The van der Waals surface area contributed by atoms with Crippen LogP contribution >= 0.6 is 0 Å². The van der Waals surface area contributed by atoms with Crippen molar-refractivity contribution < 1.29 is 9.15 Å². The number of hydrogen-bond donors (Lipinski definition) is 1. The Kier molecular flexibility index (Phi) is 3.15. The van der Waals surface area contributed by atoms with Crippen LogP contribution in [0.5, 0.6) is 5.75 Å². The number of nitrogens with one attached hydrogen (secondary N) is 1. The summed E-state index contributed by atoms with van der Waals surface area (Å²) in [5.41, 5.74) is 2.25. The summed E-state index contributed by atoms with van der Waals surface area (Å²) in [5, 5.41) is 3.32. The predicted molar refractivity (Wildman–Crippen MR) is 63.8 cm³/mol. The van der Waals surface area contributed by atoms with Gasteiger partial charge in [0, 0.05) is 5.69 Å². The Morgan fingerprint density at radius 3 is 2.81 bits per heavy atom. The zero-order valence-electron chi connectivity index (χ0n) is 9.49. The third-order valence-corrected chi connectivity index (χ3v) is 2.47. The molecule has 0 amide bonds. The Hall–Kier alpha value is -1.90. The van der Waals surface area contributed by atoms with Crippen molar-refractivity contribution in [1.29, 1.82) is 0 Å². The molecule has 0 atom stereocenters. The van der Waals surface area contributed by atoms with Crippen molar-refractivity contribution in [3.8, 4) is 5.75 Å². The highest BCUT2D eigenvalue weighted by Gasteiger charge is 2.01. The second-order valence-electron chi connectivity index (χ2n) is 3.61.